The van der Waals surface area contributed by atoms with Crippen LogP contribution in [-0.4, -0.2) is 34.9 Å². The summed E-state index contributed by atoms with van der Waals surface area (Å²) in [5.74, 6) is 2.94. The van der Waals surface area contributed by atoms with Gasteiger partial charge in [0.25, 0.3) is 5.17 Å². The molecule has 0 radical (unpaired) electrons. The van der Waals surface area contributed by atoms with Gasteiger partial charge >= 0.3 is 0 Å². The third-order valence-corrected chi connectivity index (χ3v) is 4.66. The summed E-state index contributed by atoms with van der Waals surface area (Å²) < 4.78 is 5.53. The largest absolute Gasteiger partial charge is 0.432 e. The van der Waals surface area contributed by atoms with Crippen molar-refractivity contribution in [1.82, 2.24) is 5.32 Å². The lowest BCUT2D eigenvalue weighted by Gasteiger charge is -2.35. The van der Waals surface area contributed by atoms with Crippen LogP contribution in [0.1, 0.15) is 12.8 Å². The molecule has 1 aromatic rings. The number of hydrogen-bond acceptors (Lipinski definition) is 4. The van der Waals surface area contributed by atoms with Gasteiger partial charge in [-0.2, -0.15) is 11.8 Å². The number of nitrogens with one attached hydrogen (secondary N) is 1. The molecule has 5 heteroatoms. The molecule has 1 aliphatic heterocycles. The molecular weight excluding hydrogens is 278 g/mol. The van der Waals surface area contributed by atoms with Crippen molar-refractivity contribution in [2.45, 2.75) is 12.8 Å². The molecule has 104 valence electrons. The normalized spacial score (nSPS) is 17.7. The average molecular weight is 297 g/mol. The van der Waals surface area contributed by atoms with Gasteiger partial charge in [-0.1, -0.05) is 18.2 Å². The minimum absolute atomic E-state index is 0.0463. The van der Waals surface area contributed by atoms with E-state index >= 15 is 0 Å². The van der Waals surface area contributed by atoms with Crippen LogP contribution in [0.3, 0.4) is 0 Å². The average Bonchev–Trinajstić information content (AvgIpc) is 2.47. The molecule has 1 fully saturated rings. The van der Waals surface area contributed by atoms with Crippen molar-refractivity contribution in [2.75, 3.05) is 24.7 Å². The van der Waals surface area contributed by atoms with Crippen LogP contribution in [0.5, 0.6) is 5.75 Å². The Morgan fingerprint density at radius 1 is 1.32 bits per heavy atom. The van der Waals surface area contributed by atoms with E-state index in [1.165, 1.54) is 0 Å². The van der Waals surface area contributed by atoms with E-state index in [9.17, 15) is 5.11 Å². The van der Waals surface area contributed by atoms with Crippen molar-refractivity contribution in [2.24, 2.45) is 5.41 Å². The third-order valence-electron chi connectivity index (χ3n) is 3.45. The first-order valence-corrected chi connectivity index (χ1v) is 8.00. The van der Waals surface area contributed by atoms with Gasteiger partial charge in [-0.05, 0) is 48.7 Å². The maximum Gasteiger partial charge on any atom is 0.262 e. The van der Waals surface area contributed by atoms with Gasteiger partial charge in [-0.25, -0.2) is 0 Å². The quantitative estimate of drug-likeness (QED) is 0.836. The molecule has 1 heterocycles. The molecule has 0 spiro atoms. The summed E-state index contributed by atoms with van der Waals surface area (Å²) in [6, 6.07) is 9.49. The van der Waals surface area contributed by atoms with Crippen molar-refractivity contribution in [3.05, 3.63) is 30.3 Å². The molecule has 1 saturated heterocycles. The zero-order chi connectivity index (χ0) is 13.6. The zero-order valence-electron chi connectivity index (χ0n) is 10.8. The Bertz CT molecular complexity index is 405. The second-order valence-electron chi connectivity index (χ2n) is 4.83. The molecule has 0 atom stereocenters. The minimum Gasteiger partial charge on any atom is -0.432 e. The van der Waals surface area contributed by atoms with Crippen molar-refractivity contribution >= 4 is 29.2 Å². The number of thiocarbonyl (C=S) groups is 1. The Balaban J connectivity index is 1.82. The summed E-state index contributed by atoms with van der Waals surface area (Å²) in [6.45, 7) is 0.879. The Morgan fingerprint density at radius 3 is 2.63 bits per heavy atom. The van der Waals surface area contributed by atoms with E-state index in [-0.39, 0.29) is 12.0 Å². The van der Waals surface area contributed by atoms with Gasteiger partial charge < -0.3 is 15.2 Å². The molecule has 0 aromatic heterocycles. The molecule has 0 unspecified atom stereocenters. The summed E-state index contributed by atoms with van der Waals surface area (Å²) in [4.78, 5) is 0. The second kappa shape index (κ2) is 7.12. The van der Waals surface area contributed by atoms with Crippen LogP contribution < -0.4 is 10.1 Å². The van der Waals surface area contributed by atoms with Gasteiger partial charge in [0.2, 0.25) is 0 Å². The van der Waals surface area contributed by atoms with Crippen molar-refractivity contribution in [1.29, 1.82) is 0 Å². The number of aliphatic hydroxyl groups excluding tert-OH is 1. The smallest absolute Gasteiger partial charge is 0.262 e. The van der Waals surface area contributed by atoms with E-state index in [2.05, 4.69) is 5.32 Å². The lowest BCUT2D eigenvalue weighted by atomic mass is 9.83. The minimum atomic E-state index is -0.0463. The molecule has 2 rings (SSSR count). The van der Waals surface area contributed by atoms with Crippen molar-refractivity contribution in [3.63, 3.8) is 0 Å². The SMILES string of the molecule is OCC1(CNC(=S)Oc2ccccc2)CCSCC1. The van der Waals surface area contributed by atoms with E-state index < -0.39 is 0 Å². The fourth-order valence-corrected chi connectivity index (χ4v) is 3.61. The van der Waals surface area contributed by atoms with Crippen LogP contribution in [0.25, 0.3) is 0 Å². The maximum atomic E-state index is 9.61. The van der Waals surface area contributed by atoms with Crippen LogP contribution in [0.2, 0.25) is 0 Å². The Kier molecular flexibility index (Phi) is 5.48. The van der Waals surface area contributed by atoms with Crippen LogP contribution in [0, 0.1) is 5.41 Å². The Morgan fingerprint density at radius 2 is 2.00 bits per heavy atom. The molecule has 1 aromatic carbocycles. The molecule has 0 saturated carbocycles. The number of ether oxygens (including phenoxy) is 1. The fraction of sp³-hybridized carbons (Fsp3) is 0.500. The number of para-hydroxylation sites is 1. The fourth-order valence-electron chi connectivity index (χ4n) is 2.09. The highest BCUT2D eigenvalue weighted by Crippen LogP contribution is 2.33. The van der Waals surface area contributed by atoms with Crippen molar-refractivity contribution in [3.8, 4) is 5.75 Å². The van der Waals surface area contributed by atoms with Crippen LogP contribution in [0.4, 0.5) is 0 Å². The first kappa shape index (κ1) is 14.6. The molecule has 1 aliphatic rings. The van der Waals surface area contributed by atoms with Gasteiger partial charge in [0.05, 0.1) is 6.61 Å². The topological polar surface area (TPSA) is 41.5 Å². The second-order valence-corrected chi connectivity index (χ2v) is 6.42. The van der Waals surface area contributed by atoms with Gasteiger partial charge in [0.15, 0.2) is 0 Å². The molecule has 0 bridgehead atoms. The molecular formula is C14H19NO2S2. The number of thioether (sulfide) groups is 1. The van der Waals surface area contributed by atoms with Crippen LogP contribution in [0.15, 0.2) is 30.3 Å². The predicted molar refractivity (Wildman–Crippen MR) is 83.7 cm³/mol. The van der Waals surface area contributed by atoms with Crippen molar-refractivity contribution < 1.29 is 9.84 Å². The van der Waals surface area contributed by atoms with E-state index in [1.54, 1.807) is 0 Å². The molecule has 0 aliphatic carbocycles. The van der Waals surface area contributed by atoms with Gasteiger partial charge in [-0.3, -0.25) is 0 Å². The molecule has 0 amide bonds. The molecule has 19 heavy (non-hydrogen) atoms. The number of aliphatic hydroxyl groups is 1. The van der Waals surface area contributed by atoms with E-state index in [0.717, 1.165) is 30.1 Å². The standard InChI is InChI=1S/C14H19NO2S2/c16-11-14(6-8-19-9-7-14)10-15-13(18)17-12-4-2-1-3-5-12/h1-5,16H,6-11H2,(H,15,18). The first-order chi connectivity index (χ1) is 9.24. The van der Waals surface area contributed by atoms with Crippen LogP contribution in [-0.2, 0) is 0 Å². The maximum absolute atomic E-state index is 9.61. The van der Waals surface area contributed by atoms with Gasteiger partial charge in [0, 0.05) is 12.0 Å². The first-order valence-electron chi connectivity index (χ1n) is 6.43. The number of benzene rings is 1. The third kappa shape index (κ3) is 4.37. The highest BCUT2D eigenvalue weighted by Gasteiger charge is 2.31. The summed E-state index contributed by atoms with van der Waals surface area (Å²) in [5, 5.41) is 13.1. The number of hydrogen-bond donors (Lipinski definition) is 2. The van der Waals surface area contributed by atoms with E-state index in [0.29, 0.717) is 11.7 Å². The van der Waals surface area contributed by atoms with Gasteiger partial charge in [-0.15, -0.1) is 0 Å². The van der Waals surface area contributed by atoms with Gasteiger partial charge in [0.1, 0.15) is 5.75 Å². The monoisotopic (exact) mass is 297 g/mol. The summed E-state index contributed by atoms with van der Waals surface area (Å²) >= 11 is 7.13. The van der Waals surface area contributed by atoms with E-state index in [4.69, 9.17) is 17.0 Å². The lowest BCUT2D eigenvalue weighted by Crippen LogP contribution is -2.43. The molecule has 2 N–H and O–H groups in total. The Hall–Kier alpha value is -0.780. The summed E-state index contributed by atoms with van der Waals surface area (Å²) in [7, 11) is 0. The van der Waals surface area contributed by atoms with Crippen LogP contribution >= 0.6 is 24.0 Å². The number of rotatable bonds is 4. The summed E-state index contributed by atoms with van der Waals surface area (Å²) in [6.07, 6.45) is 2.05. The lowest BCUT2D eigenvalue weighted by molar-refractivity contribution is 0.117. The summed E-state index contributed by atoms with van der Waals surface area (Å²) in [5.41, 5.74) is -0.0463. The highest BCUT2D eigenvalue weighted by molar-refractivity contribution is 7.99. The highest BCUT2D eigenvalue weighted by atomic mass is 32.2. The van der Waals surface area contributed by atoms with E-state index in [1.807, 2.05) is 42.1 Å². The predicted octanol–water partition coefficient (Wildman–Crippen LogP) is 2.45. The Labute approximate surface area is 123 Å². The molecule has 3 nitrogen and oxygen atoms in total. The zero-order valence-corrected chi connectivity index (χ0v) is 12.4.